The highest BCUT2D eigenvalue weighted by Crippen LogP contribution is 2.15. The third-order valence-corrected chi connectivity index (χ3v) is 2.84. The number of ether oxygens (including phenoxy) is 1. The second-order valence-electron chi connectivity index (χ2n) is 4.49. The fourth-order valence-electron chi connectivity index (χ4n) is 1.68. The van der Waals surface area contributed by atoms with Crippen LogP contribution in [0.1, 0.15) is 65.7 Å². The van der Waals surface area contributed by atoms with Crippen molar-refractivity contribution in [2.45, 2.75) is 65.7 Å². The lowest BCUT2D eigenvalue weighted by Gasteiger charge is -2.08. The lowest BCUT2D eigenvalue weighted by molar-refractivity contribution is 0.320. The molecule has 0 heterocycles. The van der Waals surface area contributed by atoms with E-state index in [1.807, 2.05) is 6.92 Å². The second kappa shape index (κ2) is 11.6. The molecule has 0 aromatic rings. The van der Waals surface area contributed by atoms with Crippen LogP contribution in [0.2, 0.25) is 0 Å². The molecule has 0 spiro atoms. The van der Waals surface area contributed by atoms with E-state index in [-0.39, 0.29) is 0 Å². The number of unbranched alkanes of at least 4 members (excludes halogenated alkanes) is 2. The maximum Gasteiger partial charge on any atom is 0.127 e. The maximum absolute atomic E-state index is 9.35. The van der Waals surface area contributed by atoms with Crippen LogP contribution in [0.5, 0.6) is 0 Å². The largest absolute Gasteiger partial charge is 0.509 e. The Bertz CT molecular complexity index is 219. The Hall–Kier alpha value is -0.920. The van der Waals surface area contributed by atoms with Gasteiger partial charge in [0.25, 0.3) is 0 Å². The summed E-state index contributed by atoms with van der Waals surface area (Å²) in [5.41, 5.74) is 0. The van der Waals surface area contributed by atoms with E-state index in [0.717, 1.165) is 12.8 Å². The molecule has 2 heteroatoms. The Morgan fingerprint density at radius 3 is 2.53 bits per heavy atom. The average molecular weight is 240 g/mol. The van der Waals surface area contributed by atoms with E-state index in [2.05, 4.69) is 19.9 Å². The Morgan fingerprint density at radius 1 is 1.18 bits per heavy atom. The predicted molar refractivity (Wildman–Crippen MR) is 73.8 cm³/mol. The van der Waals surface area contributed by atoms with Crippen LogP contribution in [0.25, 0.3) is 0 Å². The molecule has 0 aromatic carbocycles. The molecule has 0 bridgehead atoms. The Labute approximate surface area is 106 Å². The summed E-state index contributed by atoms with van der Waals surface area (Å²) in [5.74, 6) is 0.916. The summed E-state index contributed by atoms with van der Waals surface area (Å²) in [5, 5.41) is 9.35. The smallest absolute Gasteiger partial charge is 0.127 e. The molecule has 2 nitrogen and oxygen atoms in total. The van der Waals surface area contributed by atoms with Gasteiger partial charge in [0.15, 0.2) is 0 Å². The van der Waals surface area contributed by atoms with Crippen LogP contribution in [0, 0.1) is 5.92 Å². The van der Waals surface area contributed by atoms with Gasteiger partial charge in [0.1, 0.15) is 12.0 Å². The van der Waals surface area contributed by atoms with Crippen molar-refractivity contribution >= 4 is 0 Å². The molecule has 1 N–H and O–H groups in total. The van der Waals surface area contributed by atoms with Crippen molar-refractivity contribution in [2.75, 3.05) is 0 Å². The van der Waals surface area contributed by atoms with E-state index < -0.39 is 0 Å². The number of aliphatic hydroxyl groups excluding tert-OH is 1. The van der Waals surface area contributed by atoms with Gasteiger partial charge in [-0.15, -0.1) is 0 Å². The molecule has 0 amide bonds. The van der Waals surface area contributed by atoms with Crippen molar-refractivity contribution in [3.05, 3.63) is 24.4 Å². The van der Waals surface area contributed by atoms with E-state index in [4.69, 9.17) is 4.74 Å². The topological polar surface area (TPSA) is 29.5 Å². The summed E-state index contributed by atoms with van der Waals surface area (Å²) in [7, 11) is 0. The van der Waals surface area contributed by atoms with E-state index in [1.54, 1.807) is 6.26 Å². The van der Waals surface area contributed by atoms with Crippen molar-refractivity contribution in [3.8, 4) is 0 Å². The second-order valence-corrected chi connectivity index (χ2v) is 4.49. The third-order valence-electron chi connectivity index (χ3n) is 2.84. The van der Waals surface area contributed by atoms with E-state index in [1.165, 1.54) is 31.9 Å². The van der Waals surface area contributed by atoms with Crippen molar-refractivity contribution in [2.24, 2.45) is 5.92 Å². The first-order chi connectivity index (χ1) is 8.24. The summed E-state index contributed by atoms with van der Waals surface area (Å²) in [6.45, 7) is 6.45. The molecule has 1 atom stereocenters. The predicted octanol–water partition coefficient (Wildman–Crippen LogP) is 5.32. The normalized spacial score (nSPS) is 14.2. The highest BCUT2D eigenvalue weighted by atomic mass is 16.5. The highest BCUT2D eigenvalue weighted by Gasteiger charge is 2.00. The molecule has 0 aliphatic heterocycles. The molecular formula is C15H28O2. The fourth-order valence-corrected chi connectivity index (χ4v) is 1.68. The number of hydrogen-bond donors (Lipinski definition) is 1. The molecule has 0 aliphatic rings. The van der Waals surface area contributed by atoms with Crippen LogP contribution >= 0.6 is 0 Å². The lowest BCUT2D eigenvalue weighted by atomic mass is 9.99. The standard InChI is InChI=1S/C15H28O2/c1-4-7-8-10-14(6-3)11-12-17-13-15(16)9-5-2/h11-14,16H,4-10H2,1-3H3. The average Bonchev–Trinajstić information content (AvgIpc) is 2.32. The van der Waals surface area contributed by atoms with Gasteiger partial charge in [-0.3, -0.25) is 0 Å². The molecule has 100 valence electrons. The first kappa shape index (κ1) is 16.1. The zero-order valence-corrected chi connectivity index (χ0v) is 11.6. The quantitative estimate of drug-likeness (QED) is 0.413. The monoisotopic (exact) mass is 240 g/mol. The SMILES string of the molecule is CCCCCC(C=COC=C(O)CCC)CC. The number of hydrogen-bond acceptors (Lipinski definition) is 2. The minimum Gasteiger partial charge on any atom is -0.509 e. The van der Waals surface area contributed by atoms with Gasteiger partial charge in [-0.05, 0) is 31.3 Å². The zero-order chi connectivity index (χ0) is 12.9. The Kier molecular flexibility index (Phi) is 10.9. The molecule has 0 aliphatic carbocycles. The minimum absolute atomic E-state index is 0.316. The molecule has 0 rings (SSSR count). The van der Waals surface area contributed by atoms with Gasteiger partial charge >= 0.3 is 0 Å². The van der Waals surface area contributed by atoms with Gasteiger partial charge in [-0.25, -0.2) is 0 Å². The van der Waals surface area contributed by atoms with Crippen LogP contribution in [0.3, 0.4) is 0 Å². The zero-order valence-electron chi connectivity index (χ0n) is 11.6. The highest BCUT2D eigenvalue weighted by molar-refractivity contribution is 4.88. The van der Waals surface area contributed by atoms with Crippen molar-refractivity contribution < 1.29 is 9.84 Å². The molecule has 17 heavy (non-hydrogen) atoms. The summed E-state index contributed by atoms with van der Waals surface area (Å²) in [6.07, 6.45) is 13.1. The van der Waals surface area contributed by atoms with Crippen molar-refractivity contribution in [1.82, 2.24) is 0 Å². The third kappa shape index (κ3) is 9.98. The summed E-state index contributed by atoms with van der Waals surface area (Å²) in [6, 6.07) is 0. The van der Waals surface area contributed by atoms with Crippen molar-refractivity contribution in [3.63, 3.8) is 0 Å². The van der Waals surface area contributed by atoms with E-state index in [0.29, 0.717) is 18.1 Å². The summed E-state index contributed by atoms with van der Waals surface area (Å²) >= 11 is 0. The van der Waals surface area contributed by atoms with Crippen LogP contribution < -0.4 is 0 Å². The lowest BCUT2D eigenvalue weighted by Crippen LogP contribution is -1.94. The molecule has 0 saturated heterocycles. The van der Waals surface area contributed by atoms with Crippen LogP contribution in [0.15, 0.2) is 24.4 Å². The van der Waals surface area contributed by atoms with Crippen LogP contribution in [0.4, 0.5) is 0 Å². The number of rotatable bonds is 10. The van der Waals surface area contributed by atoms with Gasteiger partial charge < -0.3 is 9.84 Å². The van der Waals surface area contributed by atoms with Gasteiger partial charge in [0.05, 0.1) is 6.26 Å². The molecule has 1 unspecified atom stereocenters. The van der Waals surface area contributed by atoms with Gasteiger partial charge in [0.2, 0.25) is 0 Å². The fraction of sp³-hybridized carbons (Fsp3) is 0.733. The van der Waals surface area contributed by atoms with Gasteiger partial charge in [-0.2, -0.15) is 0 Å². The summed E-state index contributed by atoms with van der Waals surface area (Å²) < 4.78 is 5.19. The van der Waals surface area contributed by atoms with E-state index in [9.17, 15) is 5.11 Å². The van der Waals surface area contributed by atoms with Crippen LogP contribution in [-0.4, -0.2) is 5.11 Å². The Balaban J connectivity index is 3.81. The summed E-state index contributed by atoms with van der Waals surface area (Å²) in [4.78, 5) is 0. The minimum atomic E-state index is 0.316. The molecule has 0 fully saturated rings. The van der Waals surface area contributed by atoms with Crippen LogP contribution in [-0.2, 0) is 4.74 Å². The molecule has 0 saturated carbocycles. The first-order valence-corrected chi connectivity index (χ1v) is 6.94. The molecular weight excluding hydrogens is 212 g/mol. The van der Waals surface area contributed by atoms with Crippen molar-refractivity contribution in [1.29, 1.82) is 0 Å². The van der Waals surface area contributed by atoms with Gasteiger partial charge in [-0.1, -0.05) is 40.0 Å². The molecule has 0 aromatic heterocycles. The van der Waals surface area contributed by atoms with E-state index >= 15 is 0 Å². The number of aliphatic hydroxyl groups is 1. The Morgan fingerprint density at radius 2 is 1.94 bits per heavy atom. The molecule has 0 radical (unpaired) electrons. The first-order valence-electron chi connectivity index (χ1n) is 6.94. The van der Waals surface area contributed by atoms with Gasteiger partial charge in [0, 0.05) is 6.42 Å². The maximum atomic E-state index is 9.35. The number of allylic oxidation sites excluding steroid dienone is 2.